The van der Waals surface area contributed by atoms with Crippen LogP contribution in [0.4, 0.5) is 0 Å². The van der Waals surface area contributed by atoms with Gasteiger partial charge in [0.1, 0.15) is 11.8 Å². The van der Waals surface area contributed by atoms with Crippen molar-refractivity contribution in [3.8, 4) is 5.75 Å². The van der Waals surface area contributed by atoms with Crippen LogP contribution in [0.15, 0.2) is 12.1 Å². The first-order chi connectivity index (χ1) is 11.5. The summed E-state index contributed by atoms with van der Waals surface area (Å²) >= 11 is 0. The molecule has 1 fully saturated rings. The van der Waals surface area contributed by atoms with Gasteiger partial charge in [0.2, 0.25) is 0 Å². The van der Waals surface area contributed by atoms with Crippen LogP contribution in [0.2, 0.25) is 0 Å². The van der Waals surface area contributed by atoms with Gasteiger partial charge in [-0.05, 0) is 55.8 Å². The zero-order valence-corrected chi connectivity index (χ0v) is 15.2. The molecule has 0 radical (unpaired) electrons. The Labute approximate surface area is 144 Å². The Morgan fingerprint density at radius 2 is 1.92 bits per heavy atom. The summed E-state index contributed by atoms with van der Waals surface area (Å²) in [6.45, 7) is 9.01. The Bertz CT molecular complexity index is 543. The van der Waals surface area contributed by atoms with Crippen molar-refractivity contribution in [3.05, 3.63) is 28.8 Å². The van der Waals surface area contributed by atoms with Crippen LogP contribution in [0, 0.1) is 19.8 Å². The number of likely N-dealkylation sites (N-methyl/N-ethyl adjacent to an activating group) is 1. The summed E-state index contributed by atoms with van der Waals surface area (Å²) < 4.78 is 10.8. The second-order valence-corrected chi connectivity index (χ2v) is 6.57. The van der Waals surface area contributed by atoms with Crippen LogP contribution in [-0.2, 0) is 9.53 Å². The van der Waals surface area contributed by atoms with E-state index in [4.69, 9.17) is 9.47 Å². The molecule has 0 unspecified atom stereocenters. The molecular weight excluding hydrogens is 306 g/mol. The van der Waals surface area contributed by atoms with Gasteiger partial charge in [-0.3, -0.25) is 9.69 Å². The predicted octanol–water partition coefficient (Wildman–Crippen LogP) is 3.19. The number of aryl methyl sites for hydroxylation is 2. The van der Waals surface area contributed by atoms with E-state index >= 15 is 0 Å². The lowest BCUT2D eigenvalue weighted by atomic mass is 9.95. The zero-order valence-electron chi connectivity index (χ0n) is 15.2. The van der Waals surface area contributed by atoms with E-state index in [2.05, 4.69) is 4.90 Å². The van der Waals surface area contributed by atoms with Crippen molar-refractivity contribution in [1.82, 2.24) is 4.90 Å². The number of nitrogens with zero attached hydrogens (tertiary/aromatic N) is 1. The van der Waals surface area contributed by atoms with Gasteiger partial charge in [-0.1, -0.05) is 19.1 Å². The molecule has 1 aliphatic heterocycles. The molecule has 0 spiro atoms. The van der Waals surface area contributed by atoms with Gasteiger partial charge in [0.05, 0.1) is 7.11 Å². The van der Waals surface area contributed by atoms with Crippen LogP contribution in [0.5, 0.6) is 5.75 Å². The van der Waals surface area contributed by atoms with Crippen molar-refractivity contribution in [2.75, 3.05) is 33.4 Å². The number of hydrogen-bond donors (Lipinski definition) is 1. The van der Waals surface area contributed by atoms with Crippen LogP contribution in [0.1, 0.15) is 42.5 Å². The minimum atomic E-state index is -0.798. The van der Waals surface area contributed by atoms with Crippen molar-refractivity contribution in [2.45, 2.75) is 39.7 Å². The number of benzene rings is 1. The third kappa shape index (κ3) is 4.28. The fourth-order valence-electron chi connectivity index (χ4n) is 3.65. The maximum absolute atomic E-state index is 12.0. The van der Waals surface area contributed by atoms with Crippen LogP contribution < -0.4 is 4.74 Å². The van der Waals surface area contributed by atoms with Crippen molar-refractivity contribution < 1.29 is 19.4 Å². The summed E-state index contributed by atoms with van der Waals surface area (Å²) in [5.41, 5.74) is 2.77. The quantitative estimate of drug-likeness (QED) is 0.829. The Hall–Kier alpha value is -1.59. The molecule has 134 valence electrons. The monoisotopic (exact) mass is 335 g/mol. The number of rotatable bonds is 7. The third-order valence-corrected chi connectivity index (χ3v) is 4.84. The Balaban J connectivity index is 2.28. The van der Waals surface area contributed by atoms with E-state index in [0.29, 0.717) is 12.5 Å². The fraction of sp³-hybridized carbons (Fsp3) is 0.632. The highest BCUT2D eigenvalue weighted by Gasteiger charge is 2.29. The molecule has 1 aromatic rings. The van der Waals surface area contributed by atoms with Crippen molar-refractivity contribution in [2.24, 2.45) is 5.92 Å². The first kappa shape index (κ1) is 18.7. The predicted molar refractivity (Wildman–Crippen MR) is 93.6 cm³/mol. The van der Waals surface area contributed by atoms with E-state index in [1.54, 1.807) is 7.11 Å². The Morgan fingerprint density at radius 1 is 1.33 bits per heavy atom. The summed E-state index contributed by atoms with van der Waals surface area (Å²) in [4.78, 5) is 14.1. The van der Waals surface area contributed by atoms with E-state index in [-0.39, 0.29) is 0 Å². The molecule has 1 saturated heterocycles. The lowest BCUT2D eigenvalue weighted by Gasteiger charge is -2.33. The summed E-state index contributed by atoms with van der Waals surface area (Å²) in [6.07, 6.45) is 2.01. The van der Waals surface area contributed by atoms with E-state index in [1.165, 1.54) is 0 Å². The molecule has 0 amide bonds. The van der Waals surface area contributed by atoms with E-state index in [1.807, 2.05) is 32.9 Å². The number of methoxy groups -OCH3 is 1. The summed E-state index contributed by atoms with van der Waals surface area (Å²) in [5.74, 6) is 0.532. The lowest BCUT2D eigenvalue weighted by molar-refractivity contribution is -0.144. The molecule has 0 bridgehead atoms. The van der Waals surface area contributed by atoms with Crippen LogP contribution >= 0.6 is 0 Å². The normalized spacial score (nSPS) is 17.0. The van der Waals surface area contributed by atoms with Gasteiger partial charge < -0.3 is 14.6 Å². The molecule has 5 nitrogen and oxygen atoms in total. The first-order valence-corrected chi connectivity index (χ1v) is 8.67. The second kappa shape index (κ2) is 8.49. The zero-order chi connectivity index (χ0) is 17.7. The average molecular weight is 335 g/mol. The fourth-order valence-corrected chi connectivity index (χ4v) is 3.65. The number of carbonyl (C=O) groups is 1. The smallest absolute Gasteiger partial charge is 0.325 e. The molecular formula is C19H29NO4. The van der Waals surface area contributed by atoms with Crippen molar-refractivity contribution in [1.29, 1.82) is 0 Å². The lowest BCUT2D eigenvalue weighted by Crippen LogP contribution is -2.39. The molecule has 1 aliphatic rings. The second-order valence-electron chi connectivity index (χ2n) is 6.57. The molecule has 5 heteroatoms. The van der Waals surface area contributed by atoms with Gasteiger partial charge >= 0.3 is 5.97 Å². The van der Waals surface area contributed by atoms with Crippen LogP contribution in [-0.4, -0.2) is 49.4 Å². The number of carboxylic acid groups (broad SMARTS) is 1. The van der Waals surface area contributed by atoms with E-state index in [0.717, 1.165) is 55.0 Å². The number of carboxylic acids is 1. The number of hydrogen-bond acceptors (Lipinski definition) is 4. The molecule has 0 aliphatic carbocycles. The van der Waals surface area contributed by atoms with Gasteiger partial charge in [0.15, 0.2) is 0 Å². The number of ether oxygens (including phenoxy) is 2. The molecule has 2 rings (SSSR count). The highest BCUT2D eigenvalue weighted by molar-refractivity contribution is 5.76. The average Bonchev–Trinajstić information content (AvgIpc) is 2.54. The van der Waals surface area contributed by atoms with E-state index < -0.39 is 12.0 Å². The maximum atomic E-state index is 12.0. The Kier molecular flexibility index (Phi) is 6.63. The molecule has 0 aromatic heterocycles. The topological polar surface area (TPSA) is 59.0 Å². The molecule has 1 aromatic carbocycles. The Morgan fingerprint density at radius 3 is 2.38 bits per heavy atom. The SMILES string of the molecule is CCN(CC1CCOCC1)[C@H](C(=O)O)c1cc(C)c(OC)c(C)c1. The largest absolute Gasteiger partial charge is 0.496 e. The maximum Gasteiger partial charge on any atom is 0.325 e. The first-order valence-electron chi connectivity index (χ1n) is 8.67. The molecule has 0 saturated carbocycles. The van der Waals surface area contributed by atoms with Gasteiger partial charge in [0.25, 0.3) is 0 Å². The minimum absolute atomic E-state index is 0.501. The third-order valence-electron chi connectivity index (χ3n) is 4.84. The van der Waals surface area contributed by atoms with Gasteiger partial charge in [-0.2, -0.15) is 0 Å². The highest BCUT2D eigenvalue weighted by atomic mass is 16.5. The highest BCUT2D eigenvalue weighted by Crippen LogP contribution is 2.31. The van der Waals surface area contributed by atoms with Crippen molar-refractivity contribution in [3.63, 3.8) is 0 Å². The minimum Gasteiger partial charge on any atom is -0.496 e. The molecule has 24 heavy (non-hydrogen) atoms. The van der Waals surface area contributed by atoms with Gasteiger partial charge in [-0.25, -0.2) is 0 Å². The van der Waals surface area contributed by atoms with Crippen molar-refractivity contribution >= 4 is 5.97 Å². The summed E-state index contributed by atoms with van der Waals surface area (Å²) in [6, 6.07) is 3.26. The van der Waals surface area contributed by atoms with Gasteiger partial charge in [-0.15, -0.1) is 0 Å². The summed E-state index contributed by atoms with van der Waals surface area (Å²) in [7, 11) is 1.65. The van der Waals surface area contributed by atoms with Crippen LogP contribution in [0.25, 0.3) is 0 Å². The standard InChI is InChI=1S/C19H29NO4/c1-5-20(12-15-6-8-24-9-7-15)17(19(21)22)16-10-13(2)18(23-4)14(3)11-16/h10-11,15,17H,5-9,12H2,1-4H3,(H,21,22)/t17-/m0/s1. The van der Waals surface area contributed by atoms with E-state index in [9.17, 15) is 9.90 Å². The van der Waals surface area contributed by atoms with Crippen LogP contribution in [0.3, 0.4) is 0 Å². The molecule has 1 atom stereocenters. The number of aliphatic carboxylic acids is 1. The molecule has 1 heterocycles. The summed E-state index contributed by atoms with van der Waals surface area (Å²) in [5, 5.41) is 9.87. The molecule has 1 N–H and O–H groups in total. The van der Waals surface area contributed by atoms with Gasteiger partial charge in [0, 0.05) is 19.8 Å².